The normalized spacial score (nSPS) is 11.0. The summed E-state index contributed by atoms with van der Waals surface area (Å²) in [5.74, 6) is 1.30. The summed E-state index contributed by atoms with van der Waals surface area (Å²) in [6, 6.07) is 10.3. The minimum Gasteiger partial charge on any atom is -0.322 e. The molecule has 0 radical (unpaired) electrons. The van der Waals surface area contributed by atoms with Crippen molar-refractivity contribution < 1.29 is 4.39 Å². The lowest BCUT2D eigenvalue weighted by molar-refractivity contribution is 0.628. The summed E-state index contributed by atoms with van der Waals surface area (Å²) in [7, 11) is 2.00. The standard InChI is InChI=1S/C18H17ClFN3S/c1-23-17(14-7-10-21-11-8-14)16(13-3-5-15(20)6-4-13)22-18(23)24-12-2-9-19/h3-8,10-11H,2,9,12H2,1H3. The maximum atomic E-state index is 13.3. The van der Waals surface area contributed by atoms with E-state index in [-0.39, 0.29) is 5.82 Å². The highest BCUT2D eigenvalue weighted by Crippen LogP contribution is 2.35. The summed E-state index contributed by atoms with van der Waals surface area (Å²) >= 11 is 7.44. The van der Waals surface area contributed by atoms with Gasteiger partial charge in [0.2, 0.25) is 0 Å². The van der Waals surface area contributed by atoms with Crippen LogP contribution in [0.15, 0.2) is 53.9 Å². The molecule has 6 heteroatoms. The Hall–Kier alpha value is -1.85. The van der Waals surface area contributed by atoms with Gasteiger partial charge in [0.15, 0.2) is 5.16 Å². The van der Waals surface area contributed by atoms with Crippen LogP contribution >= 0.6 is 23.4 Å². The first-order valence-electron chi connectivity index (χ1n) is 7.62. The maximum absolute atomic E-state index is 13.3. The van der Waals surface area contributed by atoms with Crippen LogP contribution in [0.2, 0.25) is 0 Å². The van der Waals surface area contributed by atoms with Crippen molar-refractivity contribution in [3.05, 3.63) is 54.6 Å². The zero-order valence-electron chi connectivity index (χ0n) is 13.2. The molecule has 0 unspecified atom stereocenters. The van der Waals surface area contributed by atoms with E-state index in [0.717, 1.165) is 39.8 Å². The van der Waals surface area contributed by atoms with Gasteiger partial charge in [0.05, 0.1) is 11.4 Å². The van der Waals surface area contributed by atoms with Crippen LogP contribution in [0.5, 0.6) is 0 Å². The van der Waals surface area contributed by atoms with Crippen molar-refractivity contribution in [1.29, 1.82) is 0 Å². The summed E-state index contributed by atoms with van der Waals surface area (Å²) in [6.07, 6.45) is 4.45. The van der Waals surface area contributed by atoms with Crippen molar-refractivity contribution in [3.8, 4) is 22.5 Å². The third-order valence-corrected chi connectivity index (χ3v) is 5.02. The molecule has 3 aromatic rings. The first kappa shape index (κ1) is 17.0. The van der Waals surface area contributed by atoms with E-state index in [1.165, 1.54) is 12.1 Å². The summed E-state index contributed by atoms with van der Waals surface area (Å²) in [6.45, 7) is 0. The zero-order valence-corrected chi connectivity index (χ0v) is 14.8. The lowest BCUT2D eigenvalue weighted by atomic mass is 10.1. The second kappa shape index (κ2) is 7.81. The van der Waals surface area contributed by atoms with Gasteiger partial charge in [-0.15, -0.1) is 11.6 Å². The molecule has 0 amide bonds. The van der Waals surface area contributed by atoms with E-state index < -0.39 is 0 Å². The smallest absolute Gasteiger partial charge is 0.168 e. The molecule has 2 heterocycles. The van der Waals surface area contributed by atoms with Crippen LogP contribution in [0.1, 0.15) is 6.42 Å². The molecule has 0 aliphatic rings. The number of hydrogen-bond acceptors (Lipinski definition) is 3. The Morgan fingerprint density at radius 1 is 1.08 bits per heavy atom. The van der Waals surface area contributed by atoms with Gasteiger partial charge in [0.1, 0.15) is 5.82 Å². The Labute approximate surface area is 149 Å². The second-order valence-corrected chi connectivity index (χ2v) is 6.72. The molecule has 0 saturated carbocycles. The van der Waals surface area contributed by atoms with Crippen molar-refractivity contribution in [2.24, 2.45) is 7.05 Å². The number of aromatic nitrogens is 3. The molecule has 0 bridgehead atoms. The number of benzene rings is 1. The number of alkyl halides is 1. The van der Waals surface area contributed by atoms with Gasteiger partial charge in [-0.3, -0.25) is 4.98 Å². The molecular weight excluding hydrogens is 345 g/mol. The van der Waals surface area contributed by atoms with E-state index >= 15 is 0 Å². The van der Waals surface area contributed by atoms with Gasteiger partial charge in [0, 0.05) is 42.2 Å². The van der Waals surface area contributed by atoms with Gasteiger partial charge in [-0.2, -0.15) is 0 Å². The fourth-order valence-corrected chi connectivity index (χ4v) is 3.68. The third-order valence-electron chi connectivity index (χ3n) is 3.63. The van der Waals surface area contributed by atoms with Gasteiger partial charge in [-0.05, 0) is 42.8 Å². The van der Waals surface area contributed by atoms with Crippen LogP contribution in [0.25, 0.3) is 22.5 Å². The van der Waals surface area contributed by atoms with Crippen molar-refractivity contribution in [2.75, 3.05) is 11.6 Å². The first-order chi connectivity index (χ1) is 11.7. The van der Waals surface area contributed by atoms with Crippen LogP contribution in [0.4, 0.5) is 4.39 Å². The molecule has 0 saturated heterocycles. The van der Waals surface area contributed by atoms with E-state index in [1.54, 1.807) is 36.3 Å². The second-order valence-electron chi connectivity index (χ2n) is 5.28. The molecular formula is C18H17ClFN3S. The number of nitrogens with zero attached hydrogens (tertiary/aromatic N) is 3. The fraction of sp³-hybridized carbons (Fsp3) is 0.222. The van der Waals surface area contributed by atoms with Crippen molar-refractivity contribution in [2.45, 2.75) is 11.6 Å². The molecule has 0 aliphatic heterocycles. The molecule has 3 nitrogen and oxygen atoms in total. The number of imidazole rings is 1. The van der Waals surface area contributed by atoms with Gasteiger partial charge in [0.25, 0.3) is 0 Å². The highest BCUT2D eigenvalue weighted by Gasteiger charge is 2.18. The van der Waals surface area contributed by atoms with E-state index in [0.29, 0.717) is 5.88 Å². The lowest BCUT2D eigenvalue weighted by Gasteiger charge is -2.07. The average molecular weight is 362 g/mol. The molecule has 1 aromatic carbocycles. The van der Waals surface area contributed by atoms with Gasteiger partial charge in [-0.25, -0.2) is 9.37 Å². The minimum absolute atomic E-state index is 0.253. The van der Waals surface area contributed by atoms with E-state index in [1.807, 2.05) is 19.2 Å². The molecule has 0 atom stereocenters. The molecule has 0 N–H and O–H groups in total. The molecule has 3 rings (SSSR count). The number of thioether (sulfide) groups is 1. The molecule has 0 aliphatic carbocycles. The predicted molar refractivity (Wildman–Crippen MR) is 97.9 cm³/mol. The van der Waals surface area contributed by atoms with Gasteiger partial charge >= 0.3 is 0 Å². The number of pyridine rings is 1. The minimum atomic E-state index is -0.253. The van der Waals surface area contributed by atoms with Crippen molar-refractivity contribution >= 4 is 23.4 Å². The topological polar surface area (TPSA) is 30.7 Å². The Morgan fingerprint density at radius 3 is 2.46 bits per heavy atom. The Morgan fingerprint density at radius 2 is 1.79 bits per heavy atom. The largest absolute Gasteiger partial charge is 0.322 e. The van der Waals surface area contributed by atoms with Gasteiger partial charge < -0.3 is 4.57 Å². The summed E-state index contributed by atoms with van der Waals surface area (Å²) < 4.78 is 15.3. The number of hydrogen-bond donors (Lipinski definition) is 0. The summed E-state index contributed by atoms with van der Waals surface area (Å²) in [4.78, 5) is 8.88. The molecule has 0 fully saturated rings. The SMILES string of the molecule is Cn1c(SCCCCl)nc(-c2ccc(F)cc2)c1-c1ccncc1. The van der Waals surface area contributed by atoms with Crippen LogP contribution < -0.4 is 0 Å². The Balaban J connectivity index is 2.08. The van der Waals surface area contributed by atoms with E-state index in [4.69, 9.17) is 16.6 Å². The monoisotopic (exact) mass is 361 g/mol. The van der Waals surface area contributed by atoms with Crippen molar-refractivity contribution in [1.82, 2.24) is 14.5 Å². The molecule has 2 aromatic heterocycles. The first-order valence-corrected chi connectivity index (χ1v) is 9.14. The zero-order chi connectivity index (χ0) is 16.9. The summed E-state index contributed by atoms with van der Waals surface area (Å²) in [5, 5.41) is 0.922. The average Bonchev–Trinajstić information content (AvgIpc) is 2.93. The van der Waals surface area contributed by atoms with Crippen LogP contribution in [0, 0.1) is 5.82 Å². The third kappa shape index (κ3) is 3.62. The Kier molecular flexibility index (Phi) is 5.53. The Bertz CT molecular complexity index is 803. The number of halogens is 2. The van der Waals surface area contributed by atoms with E-state index in [9.17, 15) is 4.39 Å². The quantitative estimate of drug-likeness (QED) is 0.351. The van der Waals surface area contributed by atoms with E-state index in [2.05, 4.69) is 9.55 Å². The number of rotatable bonds is 6. The molecule has 24 heavy (non-hydrogen) atoms. The highest BCUT2D eigenvalue weighted by molar-refractivity contribution is 7.99. The van der Waals surface area contributed by atoms with Gasteiger partial charge in [-0.1, -0.05) is 11.8 Å². The molecule has 124 valence electrons. The van der Waals surface area contributed by atoms with Crippen molar-refractivity contribution in [3.63, 3.8) is 0 Å². The van der Waals surface area contributed by atoms with Crippen LogP contribution in [-0.2, 0) is 7.05 Å². The fourth-order valence-electron chi connectivity index (χ4n) is 2.47. The maximum Gasteiger partial charge on any atom is 0.168 e. The highest BCUT2D eigenvalue weighted by atomic mass is 35.5. The molecule has 0 spiro atoms. The van der Waals surface area contributed by atoms with Crippen LogP contribution in [0.3, 0.4) is 0 Å². The summed E-state index contributed by atoms with van der Waals surface area (Å²) in [5.41, 5.74) is 3.76. The van der Waals surface area contributed by atoms with Crippen LogP contribution in [-0.4, -0.2) is 26.2 Å². The predicted octanol–water partition coefficient (Wildman–Crippen LogP) is 5.01. The lowest BCUT2D eigenvalue weighted by Crippen LogP contribution is -1.95.